The molecule has 0 N–H and O–H groups in total. The Labute approximate surface area is 145 Å². The molecule has 2 aliphatic heterocycles. The van der Waals surface area contributed by atoms with Gasteiger partial charge in [-0.2, -0.15) is 0 Å². The number of anilines is 1. The molecule has 1 atom stereocenters. The third-order valence-electron chi connectivity index (χ3n) is 5.54. The highest BCUT2D eigenvalue weighted by atomic mass is 32.1. The second-order valence-electron chi connectivity index (χ2n) is 7.34. The number of nitrogens with zero attached hydrogens (tertiary/aromatic N) is 4. The highest BCUT2D eigenvalue weighted by molar-refractivity contribution is 7.13. The van der Waals surface area contributed by atoms with E-state index in [1.165, 1.54) is 11.3 Å². The summed E-state index contributed by atoms with van der Waals surface area (Å²) in [4.78, 5) is 16.5. The standard InChI is InChI=1S/C16H23FN4O2S/c17-16(4-1-5-16)13(22)20-6-2-3-15(9-20)10-21(7-8-23-11-15)14-19-18-12-24-14/h12H,1-11H2. The van der Waals surface area contributed by atoms with Crippen molar-refractivity contribution < 1.29 is 13.9 Å². The molecule has 1 aromatic rings. The molecule has 1 amide bonds. The lowest BCUT2D eigenvalue weighted by Gasteiger charge is -2.46. The Bertz CT molecular complexity index is 595. The first-order chi connectivity index (χ1) is 11.6. The number of hydrogen-bond acceptors (Lipinski definition) is 6. The molecule has 1 spiro atoms. The van der Waals surface area contributed by atoms with Crippen LogP contribution >= 0.6 is 11.3 Å². The van der Waals surface area contributed by atoms with Gasteiger partial charge in [0.1, 0.15) is 5.51 Å². The summed E-state index contributed by atoms with van der Waals surface area (Å²) in [5, 5.41) is 8.99. The van der Waals surface area contributed by atoms with E-state index in [1.54, 1.807) is 10.4 Å². The van der Waals surface area contributed by atoms with Crippen LogP contribution in [0, 0.1) is 5.41 Å². The van der Waals surface area contributed by atoms with Crippen molar-refractivity contribution >= 4 is 22.4 Å². The molecule has 0 radical (unpaired) electrons. The van der Waals surface area contributed by atoms with Gasteiger partial charge in [-0.05, 0) is 32.1 Å². The van der Waals surface area contributed by atoms with Gasteiger partial charge in [-0.3, -0.25) is 4.79 Å². The van der Waals surface area contributed by atoms with Crippen molar-refractivity contribution in [3.8, 4) is 0 Å². The molecule has 1 saturated carbocycles. The number of carbonyl (C=O) groups is 1. The minimum absolute atomic E-state index is 0.143. The summed E-state index contributed by atoms with van der Waals surface area (Å²) in [6.45, 7) is 4.05. The van der Waals surface area contributed by atoms with Crippen molar-refractivity contribution in [3.05, 3.63) is 5.51 Å². The Morgan fingerprint density at radius 3 is 2.83 bits per heavy atom. The molecule has 3 fully saturated rings. The number of hydrogen-bond donors (Lipinski definition) is 0. The molecule has 1 aliphatic carbocycles. The van der Waals surface area contributed by atoms with Crippen LogP contribution in [0.5, 0.6) is 0 Å². The predicted octanol–water partition coefficient (Wildman–Crippen LogP) is 1.88. The van der Waals surface area contributed by atoms with Crippen LogP contribution in [-0.4, -0.2) is 66.1 Å². The van der Waals surface area contributed by atoms with E-state index >= 15 is 0 Å². The molecule has 6 nitrogen and oxygen atoms in total. The Kier molecular flexibility index (Phi) is 4.20. The maximum atomic E-state index is 14.6. The van der Waals surface area contributed by atoms with Gasteiger partial charge in [0.25, 0.3) is 5.91 Å². The van der Waals surface area contributed by atoms with Crippen LogP contribution in [0.1, 0.15) is 32.1 Å². The molecular weight excluding hydrogens is 331 g/mol. The number of alkyl halides is 1. The molecule has 1 unspecified atom stereocenters. The van der Waals surface area contributed by atoms with Crippen molar-refractivity contribution in [2.45, 2.75) is 37.8 Å². The summed E-state index contributed by atoms with van der Waals surface area (Å²) >= 11 is 1.52. The molecule has 0 bridgehead atoms. The van der Waals surface area contributed by atoms with E-state index in [0.717, 1.165) is 37.5 Å². The zero-order valence-electron chi connectivity index (χ0n) is 13.7. The van der Waals surface area contributed by atoms with E-state index in [0.29, 0.717) is 39.1 Å². The first kappa shape index (κ1) is 16.2. The number of ether oxygens (including phenoxy) is 1. The number of halogens is 1. The van der Waals surface area contributed by atoms with E-state index in [-0.39, 0.29) is 11.3 Å². The van der Waals surface area contributed by atoms with Crippen molar-refractivity contribution in [2.24, 2.45) is 5.41 Å². The Morgan fingerprint density at radius 1 is 1.25 bits per heavy atom. The van der Waals surface area contributed by atoms with Crippen molar-refractivity contribution in [1.29, 1.82) is 0 Å². The number of aromatic nitrogens is 2. The van der Waals surface area contributed by atoms with E-state index in [2.05, 4.69) is 15.1 Å². The minimum Gasteiger partial charge on any atom is -0.379 e. The van der Waals surface area contributed by atoms with Gasteiger partial charge in [0.05, 0.1) is 13.2 Å². The van der Waals surface area contributed by atoms with Gasteiger partial charge in [0.2, 0.25) is 5.13 Å². The molecular formula is C16H23FN4O2S. The number of amides is 1. The lowest BCUT2D eigenvalue weighted by molar-refractivity contribution is -0.154. The summed E-state index contributed by atoms with van der Waals surface area (Å²) in [6, 6.07) is 0. The third kappa shape index (κ3) is 2.90. The van der Waals surface area contributed by atoms with E-state index < -0.39 is 5.67 Å². The second kappa shape index (κ2) is 6.22. The number of rotatable bonds is 2. The van der Waals surface area contributed by atoms with Crippen LogP contribution in [0.15, 0.2) is 5.51 Å². The molecule has 2 saturated heterocycles. The largest absolute Gasteiger partial charge is 0.379 e. The monoisotopic (exact) mass is 354 g/mol. The smallest absolute Gasteiger partial charge is 0.260 e. The van der Waals surface area contributed by atoms with Crippen molar-refractivity contribution in [3.63, 3.8) is 0 Å². The van der Waals surface area contributed by atoms with Gasteiger partial charge < -0.3 is 14.5 Å². The quantitative estimate of drug-likeness (QED) is 0.812. The zero-order chi connectivity index (χ0) is 16.6. The summed E-state index contributed by atoms with van der Waals surface area (Å²) in [5.41, 5.74) is -0.0207. The van der Waals surface area contributed by atoms with Gasteiger partial charge in [-0.25, -0.2) is 4.39 Å². The van der Waals surface area contributed by atoms with Crippen molar-refractivity contribution in [1.82, 2.24) is 15.1 Å². The summed E-state index contributed by atoms with van der Waals surface area (Å²) in [7, 11) is 0. The Morgan fingerprint density at radius 2 is 2.12 bits per heavy atom. The fourth-order valence-electron chi connectivity index (χ4n) is 4.07. The van der Waals surface area contributed by atoms with E-state index in [4.69, 9.17) is 4.74 Å². The number of carbonyl (C=O) groups excluding carboxylic acids is 1. The lowest BCUT2D eigenvalue weighted by atomic mass is 9.77. The lowest BCUT2D eigenvalue weighted by Crippen LogP contribution is -2.57. The number of piperidine rings is 1. The highest BCUT2D eigenvalue weighted by Gasteiger charge is 2.50. The summed E-state index contributed by atoms with van der Waals surface area (Å²) < 4.78 is 20.4. The minimum atomic E-state index is -1.61. The van der Waals surface area contributed by atoms with Crippen LogP contribution in [0.4, 0.5) is 9.52 Å². The van der Waals surface area contributed by atoms with Gasteiger partial charge in [0.15, 0.2) is 5.67 Å². The molecule has 3 heterocycles. The van der Waals surface area contributed by atoms with Gasteiger partial charge in [-0.15, -0.1) is 10.2 Å². The summed E-state index contributed by atoms with van der Waals surface area (Å²) in [5.74, 6) is -0.306. The SMILES string of the molecule is O=C(N1CCCC2(COCCN(c3nncs3)C2)C1)C1(F)CCC1. The van der Waals surface area contributed by atoms with Crippen LogP contribution < -0.4 is 4.90 Å². The van der Waals surface area contributed by atoms with Gasteiger partial charge >= 0.3 is 0 Å². The topological polar surface area (TPSA) is 58.6 Å². The summed E-state index contributed by atoms with van der Waals surface area (Å²) in [6.07, 6.45) is 3.46. The average Bonchev–Trinajstić information content (AvgIpc) is 3.02. The van der Waals surface area contributed by atoms with Crippen LogP contribution in [0.25, 0.3) is 0 Å². The fraction of sp³-hybridized carbons (Fsp3) is 0.812. The van der Waals surface area contributed by atoms with Gasteiger partial charge in [-0.1, -0.05) is 11.3 Å². The molecule has 3 aliphatic rings. The predicted molar refractivity (Wildman–Crippen MR) is 88.9 cm³/mol. The molecule has 132 valence electrons. The van der Waals surface area contributed by atoms with Crippen LogP contribution in [0.3, 0.4) is 0 Å². The maximum absolute atomic E-state index is 14.6. The highest BCUT2D eigenvalue weighted by Crippen LogP contribution is 2.40. The van der Waals surface area contributed by atoms with Crippen LogP contribution in [-0.2, 0) is 9.53 Å². The average molecular weight is 354 g/mol. The maximum Gasteiger partial charge on any atom is 0.260 e. The van der Waals surface area contributed by atoms with Crippen LogP contribution in [0.2, 0.25) is 0 Å². The second-order valence-corrected chi connectivity index (χ2v) is 8.16. The van der Waals surface area contributed by atoms with Crippen molar-refractivity contribution in [2.75, 3.05) is 44.3 Å². The van der Waals surface area contributed by atoms with Gasteiger partial charge in [0, 0.05) is 31.6 Å². The molecule has 24 heavy (non-hydrogen) atoms. The first-order valence-electron chi connectivity index (χ1n) is 8.68. The third-order valence-corrected chi connectivity index (χ3v) is 6.29. The zero-order valence-corrected chi connectivity index (χ0v) is 14.6. The number of likely N-dealkylation sites (tertiary alicyclic amines) is 1. The molecule has 8 heteroatoms. The Hall–Kier alpha value is -1.28. The van der Waals surface area contributed by atoms with E-state index in [9.17, 15) is 9.18 Å². The molecule has 0 aromatic carbocycles. The Balaban J connectivity index is 1.51. The first-order valence-corrected chi connectivity index (χ1v) is 9.56. The van der Waals surface area contributed by atoms with E-state index in [1.807, 2.05) is 0 Å². The fourth-order valence-corrected chi connectivity index (χ4v) is 4.66. The normalized spacial score (nSPS) is 30.0. The molecule has 1 aromatic heterocycles. The molecule has 4 rings (SSSR count).